The molecule has 0 radical (unpaired) electrons. The summed E-state index contributed by atoms with van der Waals surface area (Å²) in [5.74, 6) is -0.145. The van der Waals surface area contributed by atoms with Crippen LogP contribution in [0.1, 0.15) is 16.8 Å². The summed E-state index contributed by atoms with van der Waals surface area (Å²) in [4.78, 5) is 39.4. The third-order valence-electron chi connectivity index (χ3n) is 4.70. The first-order valence-electron chi connectivity index (χ1n) is 9.43. The van der Waals surface area contributed by atoms with Crippen molar-refractivity contribution in [3.8, 4) is 5.75 Å². The highest BCUT2D eigenvalue weighted by Crippen LogP contribution is 2.28. The number of carbonyl (C=O) groups excluding carboxylic acids is 3. The van der Waals surface area contributed by atoms with Gasteiger partial charge in [-0.1, -0.05) is 29.8 Å². The number of ether oxygens (including phenoxy) is 1. The summed E-state index contributed by atoms with van der Waals surface area (Å²) in [6.07, 6.45) is 0.641. The summed E-state index contributed by atoms with van der Waals surface area (Å²) >= 11 is 6.01. The Morgan fingerprint density at radius 2 is 1.80 bits per heavy atom. The molecular weight excluding hydrogens is 408 g/mol. The van der Waals surface area contributed by atoms with Gasteiger partial charge in [-0.25, -0.2) is 14.8 Å². The number of carbonyl (C=O) groups is 3. The van der Waals surface area contributed by atoms with Crippen LogP contribution in [-0.2, 0) is 4.79 Å². The number of nitrogens with zero attached hydrogens (tertiary/aromatic N) is 3. The van der Waals surface area contributed by atoms with Crippen molar-refractivity contribution in [3.05, 3.63) is 59.1 Å². The molecule has 2 aromatic rings. The maximum absolute atomic E-state index is 12.8. The lowest BCUT2D eigenvalue weighted by Gasteiger charge is -2.29. The van der Waals surface area contributed by atoms with Gasteiger partial charge < -0.3 is 15.0 Å². The van der Waals surface area contributed by atoms with Gasteiger partial charge in [-0.3, -0.25) is 9.59 Å². The van der Waals surface area contributed by atoms with E-state index in [0.717, 1.165) is 0 Å². The molecule has 1 aliphatic rings. The van der Waals surface area contributed by atoms with Gasteiger partial charge in [0.1, 0.15) is 12.3 Å². The van der Waals surface area contributed by atoms with Gasteiger partial charge in [0.25, 0.3) is 11.8 Å². The van der Waals surface area contributed by atoms with Crippen LogP contribution in [-0.4, -0.2) is 66.6 Å². The summed E-state index contributed by atoms with van der Waals surface area (Å²) in [5, 5.41) is 5.88. The van der Waals surface area contributed by atoms with E-state index >= 15 is 0 Å². The van der Waals surface area contributed by atoms with E-state index in [1.807, 2.05) is 6.07 Å². The SMILES string of the molecule is COc1ccc(Cl)cc1NC(=O)N1CCCN1C(=O)CN(C)C(=O)c1ccccc1. The molecule has 3 rings (SSSR count). The molecular formula is C21H23ClN4O4. The Labute approximate surface area is 179 Å². The fourth-order valence-electron chi connectivity index (χ4n) is 3.20. The van der Waals surface area contributed by atoms with Gasteiger partial charge in [0.05, 0.1) is 12.8 Å². The molecule has 0 aromatic heterocycles. The lowest BCUT2D eigenvalue weighted by atomic mass is 10.2. The van der Waals surface area contributed by atoms with Crippen LogP contribution in [0.2, 0.25) is 5.02 Å². The highest BCUT2D eigenvalue weighted by Gasteiger charge is 2.32. The maximum atomic E-state index is 12.8. The Balaban J connectivity index is 1.66. The average Bonchev–Trinajstić information content (AvgIpc) is 3.24. The number of rotatable bonds is 5. The molecule has 4 amide bonds. The van der Waals surface area contributed by atoms with Crippen LogP contribution in [0, 0.1) is 0 Å². The van der Waals surface area contributed by atoms with E-state index in [-0.39, 0.29) is 18.4 Å². The summed E-state index contributed by atoms with van der Waals surface area (Å²) in [6, 6.07) is 13.1. The number of methoxy groups -OCH3 is 1. The number of hydrogen-bond acceptors (Lipinski definition) is 4. The van der Waals surface area contributed by atoms with E-state index in [1.165, 1.54) is 22.0 Å². The quantitative estimate of drug-likeness (QED) is 0.790. The van der Waals surface area contributed by atoms with Crippen molar-refractivity contribution in [3.63, 3.8) is 0 Å². The lowest BCUT2D eigenvalue weighted by molar-refractivity contribution is -0.140. The zero-order chi connectivity index (χ0) is 21.7. The van der Waals surface area contributed by atoms with Crippen molar-refractivity contribution in [1.29, 1.82) is 0 Å². The second kappa shape index (κ2) is 9.49. The van der Waals surface area contributed by atoms with Crippen LogP contribution in [0.3, 0.4) is 0 Å². The maximum Gasteiger partial charge on any atom is 0.340 e. The van der Waals surface area contributed by atoms with Crippen molar-refractivity contribution in [1.82, 2.24) is 14.9 Å². The molecule has 0 bridgehead atoms. The van der Waals surface area contributed by atoms with Crippen LogP contribution in [0.25, 0.3) is 0 Å². The molecule has 1 saturated heterocycles. The van der Waals surface area contributed by atoms with Crippen LogP contribution >= 0.6 is 11.6 Å². The largest absolute Gasteiger partial charge is 0.495 e. The second-order valence-corrected chi connectivity index (χ2v) is 7.23. The van der Waals surface area contributed by atoms with E-state index in [1.54, 1.807) is 49.5 Å². The molecule has 2 aromatic carbocycles. The van der Waals surface area contributed by atoms with Crippen LogP contribution in [0.15, 0.2) is 48.5 Å². The first kappa shape index (κ1) is 21.4. The zero-order valence-corrected chi connectivity index (χ0v) is 17.6. The fraction of sp³-hybridized carbons (Fsp3) is 0.286. The minimum Gasteiger partial charge on any atom is -0.495 e. The molecule has 158 valence electrons. The molecule has 1 N–H and O–H groups in total. The third kappa shape index (κ3) is 4.83. The molecule has 0 saturated carbocycles. The Bertz CT molecular complexity index is 938. The highest BCUT2D eigenvalue weighted by atomic mass is 35.5. The molecule has 0 atom stereocenters. The molecule has 0 aliphatic carbocycles. The number of hydrogen-bond donors (Lipinski definition) is 1. The predicted octanol–water partition coefficient (Wildman–Crippen LogP) is 3.10. The number of halogens is 1. The van der Waals surface area contributed by atoms with Crippen molar-refractivity contribution >= 4 is 35.1 Å². The number of benzene rings is 2. The predicted molar refractivity (Wildman–Crippen MR) is 113 cm³/mol. The van der Waals surface area contributed by atoms with Crippen LogP contribution < -0.4 is 10.1 Å². The molecule has 8 nitrogen and oxygen atoms in total. The third-order valence-corrected chi connectivity index (χ3v) is 4.93. The number of hydrazine groups is 1. The van der Waals surface area contributed by atoms with E-state index in [0.29, 0.717) is 41.5 Å². The summed E-state index contributed by atoms with van der Waals surface area (Å²) in [6.45, 7) is 0.640. The Morgan fingerprint density at radius 3 is 2.50 bits per heavy atom. The highest BCUT2D eigenvalue weighted by molar-refractivity contribution is 6.31. The number of amides is 4. The molecule has 0 unspecified atom stereocenters. The Kier molecular flexibility index (Phi) is 6.79. The molecule has 1 aliphatic heterocycles. The molecule has 30 heavy (non-hydrogen) atoms. The van der Waals surface area contributed by atoms with Gasteiger partial charge in [-0.05, 0) is 36.8 Å². The van der Waals surface area contributed by atoms with E-state index in [4.69, 9.17) is 16.3 Å². The second-order valence-electron chi connectivity index (χ2n) is 6.80. The Hall–Kier alpha value is -3.26. The normalized spacial score (nSPS) is 13.2. The van der Waals surface area contributed by atoms with E-state index < -0.39 is 6.03 Å². The van der Waals surface area contributed by atoms with Crippen LogP contribution in [0.5, 0.6) is 5.75 Å². The van der Waals surface area contributed by atoms with Crippen molar-refractivity contribution < 1.29 is 19.1 Å². The van der Waals surface area contributed by atoms with Gasteiger partial charge in [0.2, 0.25) is 0 Å². The van der Waals surface area contributed by atoms with Gasteiger partial charge in [0.15, 0.2) is 0 Å². The van der Waals surface area contributed by atoms with Crippen molar-refractivity contribution in [2.24, 2.45) is 0 Å². The molecule has 1 heterocycles. The summed E-state index contributed by atoms with van der Waals surface area (Å²) in [5.41, 5.74) is 0.905. The average molecular weight is 431 g/mol. The standard InChI is InChI=1S/C21H23ClN4O4/c1-24(20(28)15-7-4-3-5-8-15)14-19(27)25-11-6-12-26(25)21(29)23-17-13-16(22)9-10-18(17)30-2/h3-5,7-10,13H,6,11-12,14H2,1-2H3,(H,23,29). The number of nitrogens with one attached hydrogen (secondary N) is 1. The zero-order valence-electron chi connectivity index (χ0n) is 16.8. The van der Waals surface area contributed by atoms with Crippen molar-refractivity contribution in [2.45, 2.75) is 6.42 Å². The van der Waals surface area contributed by atoms with E-state index in [2.05, 4.69) is 5.32 Å². The summed E-state index contributed by atoms with van der Waals surface area (Å²) in [7, 11) is 3.05. The molecule has 1 fully saturated rings. The first-order valence-corrected chi connectivity index (χ1v) is 9.81. The van der Waals surface area contributed by atoms with Crippen LogP contribution in [0.4, 0.5) is 10.5 Å². The monoisotopic (exact) mass is 430 g/mol. The topological polar surface area (TPSA) is 82.2 Å². The molecule has 0 spiro atoms. The van der Waals surface area contributed by atoms with Gasteiger partial charge >= 0.3 is 6.03 Å². The van der Waals surface area contributed by atoms with Gasteiger partial charge in [-0.2, -0.15) is 0 Å². The number of likely N-dealkylation sites (N-methyl/N-ethyl adjacent to an activating group) is 1. The minimum atomic E-state index is -0.474. The van der Waals surface area contributed by atoms with Crippen molar-refractivity contribution in [2.75, 3.05) is 39.1 Å². The van der Waals surface area contributed by atoms with E-state index in [9.17, 15) is 14.4 Å². The first-order chi connectivity index (χ1) is 14.4. The molecule has 9 heteroatoms. The number of anilines is 1. The minimum absolute atomic E-state index is 0.141. The Morgan fingerprint density at radius 1 is 1.10 bits per heavy atom. The lowest BCUT2D eigenvalue weighted by Crippen LogP contribution is -2.50. The number of urea groups is 1. The smallest absolute Gasteiger partial charge is 0.340 e. The fourth-order valence-corrected chi connectivity index (χ4v) is 3.37. The van der Waals surface area contributed by atoms with Gasteiger partial charge in [0, 0.05) is 30.7 Å². The van der Waals surface area contributed by atoms with Gasteiger partial charge in [-0.15, -0.1) is 0 Å². The summed E-state index contributed by atoms with van der Waals surface area (Å²) < 4.78 is 5.24.